The summed E-state index contributed by atoms with van der Waals surface area (Å²) in [4.78, 5) is 28.6. The van der Waals surface area contributed by atoms with Crippen LogP contribution in [0.4, 0.5) is 11.5 Å². The Morgan fingerprint density at radius 3 is 2.57 bits per heavy atom. The van der Waals surface area contributed by atoms with Crippen LogP contribution in [-0.4, -0.2) is 46.2 Å². The van der Waals surface area contributed by atoms with Crippen molar-refractivity contribution in [3.8, 4) is 23.3 Å². The van der Waals surface area contributed by atoms with Crippen molar-refractivity contribution in [2.45, 2.75) is 51.1 Å². The van der Waals surface area contributed by atoms with Crippen LogP contribution in [0.25, 0.3) is 11.1 Å². The Morgan fingerprint density at radius 2 is 1.86 bits per heavy atom. The highest BCUT2D eigenvalue weighted by atomic mass is 16.5. The number of nitriles is 2. The lowest BCUT2D eigenvalue weighted by molar-refractivity contribution is 0.0902. The van der Waals surface area contributed by atoms with Crippen molar-refractivity contribution in [2.24, 2.45) is 0 Å². The third-order valence-corrected chi connectivity index (χ3v) is 7.07. The van der Waals surface area contributed by atoms with Gasteiger partial charge in [-0.1, -0.05) is 0 Å². The molecule has 0 saturated carbocycles. The van der Waals surface area contributed by atoms with E-state index >= 15 is 0 Å². The van der Waals surface area contributed by atoms with Crippen molar-refractivity contribution in [1.29, 1.82) is 10.5 Å². The average Bonchev–Trinajstić information content (AvgIpc) is 3.16. The van der Waals surface area contributed by atoms with Crippen molar-refractivity contribution in [2.75, 3.05) is 23.4 Å². The molecule has 0 radical (unpaired) electrons. The normalized spacial score (nSPS) is 18.7. The van der Waals surface area contributed by atoms with Gasteiger partial charge in [0.25, 0.3) is 5.91 Å². The molecular formula is C28H27N7O2. The Balaban J connectivity index is 1.42. The maximum atomic E-state index is 13.0. The van der Waals surface area contributed by atoms with Crippen molar-refractivity contribution in [3.05, 3.63) is 65.4 Å². The minimum absolute atomic E-state index is 0.249. The highest BCUT2D eigenvalue weighted by Crippen LogP contribution is 2.36. The molecule has 1 amide bonds. The lowest BCUT2D eigenvalue weighted by atomic mass is 9.90. The summed E-state index contributed by atoms with van der Waals surface area (Å²) < 4.78 is 5.68. The highest BCUT2D eigenvalue weighted by molar-refractivity contribution is 6.04. The van der Waals surface area contributed by atoms with E-state index in [1.165, 1.54) is 6.20 Å². The van der Waals surface area contributed by atoms with Gasteiger partial charge in [-0.3, -0.25) is 14.8 Å². The molecule has 9 heteroatoms. The lowest BCUT2D eigenvalue weighted by Crippen LogP contribution is -2.46. The summed E-state index contributed by atoms with van der Waals surface area (Å²) in [5, 5.41) is 22.2. The first-order valence-corrected chi connectivity index (χ1v) is 12.2. The molecule has 37 heavy (non-hydrogen) atoms. The topological polar surface area (TPSA) is 128 Å². The zero-order chi connectivity index (χ0) is 26.2. The summed E-state index contributed by atoms with van der Waals surface area (Å²) in [5.41, 5.74) is 3.41. The number of nitrogens with zero attached hydrogens (tertiary/aromatic N) is 6. The molecule has 2 fully saturated rings. The number of nitrogens with one attached hydrogen (secondary N) is 1. The number of hydrogen-bond donors (Lipinski definition) is 1. The maximum absolute atomic E-state index is 13.0. The van der Waals surface area contributed by atoms with Gasteiger partial charge < -0.3 is 15.0 Å². The number of carbonyl (C=O) groups is 1. The summed E-state index contributed by atoms with van der Waals surface area (Å²) in [5.74, 6) is 0.369. The van der Waals surface area contributed by atoms with E-state index in [1.54, 1.807) is 38.4 Å². The van der Waals surface area contributed by atoms with Crippen LogP contribution in [0.3, 0.4) is 0 Å². The fourth-order valence-corrected chi connectivity index (χ4v) is 4.94. The van der Waals surface area contributed by atoms with Crippen LogP contribution in [0.15, 0.2) is 42.9 Å². The van der Waals surface area contributed by atoms with Gasteiger partial charge in [-0.25, -0.2) is 4.98 Å². The predicted molar refractivity (Wildman–Crippen MR) is 138 cm³/mol. The average molecular weight is 494 g/mol. The van der Waals surface area contributed by atoms with Gasteiger partial charge in [0.15, 0.2) is 0 Å². The van der Waals surface area contributed by atoms with Gasteiger partial charge in [-0.05, 0) is 57.9 Å². The van der Waals surface area contributed by atoms with Gasteiger partial charge in [0.1, 0.15) is 11.9 Å². The molecule has 1 N–H and O–H groups in total. The molecule has 2 saturated heterocycles. The molecule has 9 nitrogen and oxygen atoms in total. The van der Waals surface area contributed by atoms with Crippen molar-refractivity contribution < 1.29 is 9.53 Å². The molecule has 5 rings (SSSR count). The molecular weight excluding hydrogens is 466 g/mol. The van der Waals surface area contributed by atoms with E-state index in [-0.39, 0.29) is 18.0 Å². The molecule has 2 bridgehead atoms. The third-order valence-electron chi connectivity index (χ3n) is 7.07. The zero-order valence-corrected chi connectivity index (χ0v) is 21.0. The van der Waals surface area contributed by atoms with E-state index in [0.29, 0.717) is 41.5 Å². The number of pyridine rings is 3. The number of aryl methyl sites for hydroxylation is 1. The maximum Gasteiger partial charge on any atom is 0.255 e. The first-order valence-electron chi connectivity index (χ1n) is 12.2. The van der Waals surface area contributed by atoms with Crippen molar-refractivity contribution in [1.82, 2.24) is 15.0 Å². The standard InChI is InChI=1S/C28H27N7O2/c1-17-24(20-8-19(11-29)26(33-12-20)35-22-4-5-23(35)15-37-14-22)10-21(13-32-17)34-27(36)18-6-7-31-25(9-18)28(2,3)16-30/h6-10,12-13,22-23H,4-5,14-15H2,1-3H3,(H,34,36)/t22-,23+. The Morgan fingerprint density at radius 1 is 1.11 bits per heavy atom. The fraction of sp³-hybridized carbons (Fsp3) is 0.357. The van der Waals surface area contributed by atoms with Crippen LogP contribution in [0, 0.1) is 29.6 Å². The minimum atomic E-state index is -0.812. The van der Waals surface area contributed by atoms with Crippen molar-refractivity contribution >= 4 is 17.4 Å². The number of anilines is 2. The van der Waals surface area contributed by atoms with E-state index < -0.39 is 5.41 Å². The van der Waals surface area contributed by atoms with E-state index in [0.717, 1.165) is 29.7 Å². The SMILES string of the molecule is Cc1ncc(NC(=O)c2ccnc(C(C)(C)C#N)c2)cc1-c1cnc(N2[C@@H]3CC[C@H]2COC3)c(C#N)c1. The smallest absolute Gasteiger partial charge is 0.255 e. The van der Waals surface area contributed by atoms with E-state index in [1.807, 2.05) is 19.1 Å². The highest BCUT2D eigenvalue weighted by Gasteiger charge is 2.39. The number of rotatable bonds is 5. The molecule has 0 unspecified atom stereocenters. The summed E-state index contributed by atoms with van der Waals surface area (Å²) in [6.45, 7) is 6.70. The monoisotopic (exact) mass is 493 g/mol. The molecule has 2 atom stereocenters. The molecule has 2 aliphatic heterocycles. The van der Waals surface area contributed by atoms with Crippen LogP contribution in [0.5, 0.6) is 0 Å². The number of ether oxygens (including phenoxy) is 1. The van der Waals surface area contributed by atoms with E-state index in [4.69, 9.17) is 9.72 Å². The molecule has 0 aromatic carbocycles. The zero-order valence-electron chi connectivity index (χ0n) is 21.0. The summed E-state index contributed by atoms with van der Waals surface area (Å²) in [6.07, 6.45) is 6.96. The number of hydrogen-bond acceptors (Lipinski definition) is 8. The van der Waals surface area contributed by atoms with Gasteiger partial charge in [-0.2, -0.15) is 10.5 Å². The summed E-state index contributed by atoms with van der Waals surface area (Å²) in [6, 6.07) is 11.9. The van der Waals surface area contributed by atoms with Crippen LogP contribution in [-0.2, 0) is 10.2 Å². The number of fused-ring (bicyclic) bond motifs is 2. The van der Waals surface area contributed by atoms with Crippen LogP contribution in [0.1, 0.15) is 54.0 Å². The Hall–Kier alpha value is -4.34. The Kier molecular flexibility index (Phi) is 6.32. The van der Waals surface area contributed by atoms with Crippen LogP contribution in [0.2, 0.25) is 0 Å². The number of morpholine rings is 1. The number of amides is 1. The van der Waals surface area contributed by atoms with Gasteiger partial charge >= 0.3 is 0 Å². The van der Waals surface area contributed by atoms with Crippen LogP contribution < -0.4 is 10.2 Å². The van der Waals surface area contributed by atoms with Gasteiger partial charge in [0.2, 0.25) is 0 Å². The molecule has 3 aromatic rings. The second-order valence-corrected chi connectivity index (χ2v) is 10.0. The lowest BCUT2D eigenvalue weighted by Gasteiger charge is -2.36. The molecule has 0 aliphatic carbocycles. The quantitative estimate of drug-likeness (QED) is 0.562. The largest absolute Gasteiger partial charge is 0.377 e. The molecule has 186 valence electrons. The van der Waals surface area contributed by atoms with Gasteiger partial charge in [-0.15, -0.1) is 0 Å². The van der Waals surface area contributed by atoms with E-state index in [2.05, 4.69) is 32.3 Å². The third kappa shape index (κ3) is 4.62. The van der Waals surface area contributed by atoms with E-state index in [9.17, 15) is 15.3 Å². The number of carbonyl (C=O) groups excluding carboxylic acids is 1. The molecule has 3 aromatic heterocycles. The Labute approximate surface area is 215 Å². The second kappa shape index (κ2) is 9.61. The minimum Gasteiger partial charge on any atom is -0.377 e. The summed E-state index contributed by atoms with van der Waals surface area (Å²) in [7, 11) is 0. The predicted octanol–water partition coefficient (Wildman–Crippen LogP) is 4.14. The number of aromatic nitrogens is 3. The summed E-state index contributed by atoms with van der Waals surface area (Å²) >= 11 is 0. The van der Waals surface area contributed by atoms with Gasteiger partial charge in [0, 0.05) is 34.8 Å². The van der Waals surface area contributed by atoms with Crippen molar-refractivity contribution in [3.63, 3.8) is 0 Å². The second-order valence-electron chi connectivity index (χ2n) is 10.0. The first-order chi connectivity index (χ1) is 17.8. The van der Waals surface area contributed by atoms with Crippen LogP contribution >= 0.6 is 0 Å². The first kappa shape index (κ1) is 24.4. The fourth-order valence-electron chi connectivity index (χ4n) is 4.94. The Bertz CT molecular complexity index is 1440. The molecule has 0 spiro atoms. The molecule has 2 aliphatic rings. The van der Waals surface area contributed by atoms with Gasteiger partial charge in [0.05, 0.1) is 59.9 Å². The molecule has 5 heterocycles.